The molecule has 0 saturated carbocycles. The van der Waals surface area contributed by atoms with Crippen LogP contribution in [0.4, 0.5) is 5.69 Å². The molecule has 0 aliphatic carbocycles. The molecule has 4 heteroatoms. The Kier molecular flexibility index (Phi) is 5.01. The highest BCUT2D eigenvalue weighted by Crippen LogP contribution is 2.22. The second kappa shape index (κ2) is 6.75. The summed E-state index contributed by atoms with van der Waals surface area (Å²) in [6.45, 7) is 4.39. The molecule has 1 saturated heterocycles. The zero-order chi connectivity index (χ0) is 14.5. The standard InChI is InChI=1S/C16H24N2O2/c1-12(14-4-3-5-15(17)10-14)16(19)18(2)11-13-6-8-20-9-7-13/h3-5,10,12-13H,6-9,11,17H2,1-2H3. The molecule has 1 aromatic carbocycles. The van der Waals surface area contributed by atoms with Crippen LogP contribution in [0.3, 0.4) is 0 Å². The maximum Gasteiger partial charge on any atom is 0.229 e. The summed E-state index contributed by atoms with van der Waals surface area (Å²) in [5, 5.41) is 0. The van der Waals surface area contributed by atoms with Crippen LogP contribution < -0.4 is 5.73 Å². The van der Waals surface area contributed by atoms with E-state index < -0.39 is 0 Å². The van der Waals surface area contributed by atoms with Gasteiger partial charge in [-0.2, -0.15) is 0 Å². The van der Waals surface area contributed by atoms with E-state index in [1.165, 1.54) is 0 Å². The molecule has 2 rings (SSSR count). The first-order chi connectivity index (χ1) is 9.58. The lowest BCUT2D eigenvalue weighted by Crippen LogP contribution is -2.36. The summed E-state index contributed by atoms with van der Waals surface area (Å²) in [7, 11) is 1.89. The van der Waals surface area contributed by atoms with E-state index in [9.17, 15) is 4.79 Å². The SMILES string of the molecule is CC(C(=O)N(C)CC1CCOCC1)c1cccc(N)c1. The van der Waals surface area contributed by atoms with Crippen molar-refractivity contribution in [2.24, 2.45) is 5.92 Å². The third-order valence-corrected chi connectivity index (χ3v) is 4.03. The van der Waals surface area contributed by atoms with Gasteiger partial charge in [-0.15, -0.1) is 0 Å². The third kappa shape index (κ3) is 3.73. The zero-order valence-corrected chi connectivity index (χ0v) is 12.3. The molecule has 4 nitrogen and oxygen atoms in total. The smallest absolute Gasteiger partial charge is 0.229 e. The Morgan fingerprint density at radius 2 is 2.15 bits per heavy atom. The Morgan fingerprint density at radius 1 is 1.45 bits per heavy atom. The van der Waals surface area contributed by atoms with E-state index in [4.69, 9.17) is 10.5 Å². The Hall–Kier alpha value is -1.55. The number of nitrogen functional groups attached to an aromatic ring is 1. The first kappa shape index (κ1) is 14.9. The molecule has 1 aromatic rings. The van der Waals surface area contributed by atoms with Gasteiger partial charge in [-0.1, -0.05) is 12.1 Å². The van der Waals surface area contributed by atoms with E-state index in [0.717, 1.165) is 38.2 Å². The molecule has 110 valence electrons. The van der Waals surface area contributed by atoms with Crippen molar-refractivity contribution in [1.29, 1.82) is 0 Å². The lowest BCUT2D eigenvalue weighted by molar-refractivity contribution is -0.132. The summed E-state index contributed by atoms with van der Waals surface area (Å²) in [5.74, 6) is 0.566. The highest BCUT2D eigenvalue weighted by molar-refractivity contribution is 5.83. The summed E-state index contributed by atoms with van der Waals surface area (Å²) >= 11 is 0. The topological polar surface area (TPSA) is 55.6 Å². The van der Waals surface area contributed by atoms with Gasteiger partial charge in [0.2, 0.25) is 5.91 Å². The van der Waals surface area contributed by atoms with Crippen molar-refractivity contribution in [3.8, 4) is 0 Å². The number of rotatable bonds is 4. The van der Waals surface area contributed by atoms with Crippen LogP contribution in [0.5, 0.6) is 0 Å². The second-order valence-corrected chi connectivity index (χ2v) is 5.67. The minimum absolute atomic E-state index is 0.150. The molecule has 0 spiro atoms. The predicted molar refractivity (Wildman–Crippen MR) is 80.4 cm³/mol. The fourth-order valence-corrected chi connectivity index (χ4v) is 2.71. The van der Waals surface area contributed by atoms with Crippen LogP contribution in [0.25, 0.3) is 0 Å². The fraction of sp³-hybridized carbons (Fsp3) is 0.562. The molecule has 0 radical (unpaired) electrons. The van der Waals surface area contributed by atoms with Gasteiger partial charge in [0.25, 0.3) is 0 Å². The summed E-state index contributed by atoms with van der Waals surface area (Å²) in [6.07, 6.45) is 2.09. The summed E-state index contributed by atoms with van der Waals surface area (Å²) < 4.78 is 5.35. The van der Waals surface area contributed by atoms with Gasteiger partial charge in [-0.3, -0.25) is 4.79 Å². The second-order valence-electron chi connectivity index (χ2n) is 5.67. The van der Waals surface area contributed by atoms with Gasteiger partial charge >= 0.3 is 0 Å². The van der Waals surface area contributed by atoms with E-state index in [1.54, 1.807) is 0 Å². The predicted octanol–water partition coefficient (Wildman–Crippen LogP) is 2.26. The first-order valence-electron chi connectivity index (χ1n) is 7.26. The maximum absolute atomic E-state index is 12.5. The molecule has 1 aliphatic rings. The average Bonchev–Trinajstić information content (AvgIpc) is 2.46. The monoisotopic (exact) mass is 276 g/mol. The molecular weight excluding hydrogens is 252 g/mol. The lowest BCUT2D eigenvalue weighted by Gasteiger charge is -2.29. The molecule has 1 fully saturated rings. The first-order valence-corrected chi connectivity index (χ1v) is 7.26. The molecule has 20 heavy (non-hydrogen) atoms. The number of hydrogen-bond donors (Lipinski definition) is 1. The van der Waals surface area contributed by atoms with Gasteiger partial charge in [-0.25, -0.2) is 0 Å². The van der Waals surface area contributed by atoms with Crippen molar-refractivity contribution in [2.75, 3.05) is 32.5 Å². The Bertz CT molecular complexity index is 456. The number of likely N-dealkylation sites (N-methyl/N-ethyl adjacent to an activating group) is 1. The number of anilines is 1. The number of benzene rings is 1. The van der Waals surface area contributed by atoms with Gasteiger partial charge in [0.15, 0.2) is 0 Å². The average molecular weight is 276 g/mol. The van der Waals surface area contributed by atoms with Crippen molar-refractivity contribution in [2.45, 2.75) is 25.7 Å². The molecule has 0 bridgehead atoms. The summed E-state index contributed by atoms with van der Waals surface area (Å²) in [4.78, 5) is 14.3. The van der Waals surface area contributed by atoms with Crippen molar-refractivity contribution in [1.82, 2.24) is 4.90 Å². The van der Waals surface area contributed by atoms with Gasteiger partial charge < -0.3 is 15.4 Å². The van der Waals surface area contributed by atoms with Crippen LogP contribution in [0.1, 0.15) is 31.2 Å². The highest BCUT2D eigenvalue weighted by atomic mass is 16.5. The molecule has 1 heterocycles. The molecular formula is C16H24N2O2. The normalized spacial score (nSPS) is 17.7. The van der Waals surface area contributed by atoms with Crippen LogP contribution in [0.15, 0.2) is 24.3 Å². The van der Waals surface area contributed by atoms with E-state index in [1.807, 2.05) is 43.1 Å². The minimum atomic E-state index is -0.150. The summed E-state index contributed by atoms with van der Waals surface area (Å²) in [6, 6.07) is 7.57. The highest BCUT2D eigenvalue weighted by Gasteiger charge is 2.23. The largest absolute Gasteiger partial charge is 0.399 e. The number of nitrogens with two attached hydrogens (primary N) is 1. The van der Waals surface area contributed by atoms with Gasteiger partial charge in [-0.05, 0) is 43.4 Å². The van der Waals surface area contributed by atoms with Crippen LogP contribution in [0, 0.1) is 5.92 Å². The van der Waals surface area contributed by atoms with Crippen molar-refractivity contribution in [3.63, 3.8) is 0 Å². The number of ether oxygens (including phenoxy) is 1. The summed E-state index contributed by atoms with van der Waals surface area (Å²) in [5.41, 5.74) is 7.47. The van der Waals surface area contributed by atoms with Crippen molar-refractivity contribution in [3.05, 3.63) is 29.8 Å². The lowest BCUT2D eigenvalue weighted by atomic mass is 9.96. The Labute approximate surface area is 120 Å². The van der Waals surface area contributed by atoms with Gasteiger partial charge in [0, 0.05) is 32.5 Å². The van der Waals surface area contributed by atoms with Crippen LogP contribution in [-0.2, 0) is 9.53 Å². The van der Waals surface area contributed by atoms with Crippen LogP contribution in [0.2, 0.25) is 0 Å². The molecule has 0 aromatic heterocycles. The van der Waals surface area contributed by atoms with Crippen LogP contribution >= 0.6 is 0 Å². The number of amides is 1. The van der Waals surface area contributed by atoms with Crippen molar-refractivity contribution >= 4 is 11.6 Å². The minimum Gasteiger partial charge on any atom is -0.399 e. The third-order valence-electron chi connectivity index (χ3n) is 4.03. The molecule has 1 amide bonds. The van der Waals surface area contributed by atoms with E-state index >= 15 is 0 Å². The molecule has 2 N–H and O–H groups in total. The van der Waals surface area contributed by atoms with E-state index in [0.29, 0.717) is 11.6 Å². The van der Waals surface area contributed by atoms with E-state index in [-0.39, 0.29) is 11.8 Å². The van der Waals surface area contributed by atoms with Gasteiger partial charge in [0.05, 0.1) is 5.92 Å². The number of nitrogens with zero attached hydrogens (tertiary/aromatic N) is 1. The van der Waals surface area contributed by atoms with Crippen LogP contribution in [-0.4, -0.2) is 37.6 Å². The number of hydrogen-bond acceptors (Lipinski definition) is 3. The Morgan fingerprint density at radius 3 is 2.80 bits per heavy atom. The van der Waals surface area contributed by atoms with Gasteiger partial charge in [0.1, 0.15) is 0 Å². The molecule has 1 atom stereocenters. The quantitative estimate of drug-likeness (QED) is 0.858. The zero-order valence-electron chi connectivity index (χ0n) is 12.3. The fourth-order valence-electron chi connectivity index (χ4n) is 2.71. The van der Waals surface area contributed by atoms with E-state index in [2.05, 4.69) is 0 Å². The molecule has 1 aliphatic heterocycles. The molecule has 1 unspecified atom stereocenters. The number of carbonyl (C=O) groups is 1. The number of carbonyl (C=O) groups excluding carboxylic acids is 1. The van der Waals surface area contributed by atoms with Crippen molar-refractivity contribution < 1.29 is 9.53 Å². The Balaban J connectivity index is 1.95. The maximum atomic E-state index is 12.5.